The summed E-state index contributed by atoms with van der Waals surface area (Å²) in [6, 6.07) is 8.77. The molecule has 1 saturated carbocycles. The first-order chi connectivity index (χ1) is 7.75. The molecule has 1 atom stereocenters. The maximum Gasteiger partial charge on any atom is 0.0758 e. The SMILES string of the molecule is OC(CNC1CC1)CSc1ccccc1Br. The van der Waals surface area contributed by atoms with Crippen LogP contribution in [0.4, 0.5) is 0 Å². The van der Waals surface area contributed by atoms with Crippen molar-refractivity contribution in [1.29, 1.82) is 0 Å². The summed E-state index contributed by atoms with van der Waals surface area (Å²) in [5.41, 5.74) is 0. The number of hydrogen-bond acceptors (Lipinski definition) is 3. The molecule has 1 aromatic carbocycles. The van der Waals surface area contributed by atoms with E-state index in [-0.39, 0.29) is 6.10 Å². The number of rotatable bonds is 6. The van der Waals surface area contributed by atoms with Crippen molar-refractivity contribution in [3.05, 3.63) is 28.7 Å². The number of halogens is 1. The summed E-state index contributed by atoms with van der Waals surface area (Å²) in [5, 5.41) is 13.1. The number of thioether (sulfide) groups is 1. The Balaban J connectivity index is 1.71. The number of aliphatic hydroxyl groups is 1. The predicted octanol–water partition coefficient (Wildman–Crippen LogP) is 2.65. The van der Waals surface area contributed by atoms with Crippen LogP contribution in [0.15, 0.2) is 33.6 Å². The highest BCUT2D eigenvalue weighted by Gasteiger charge is 2.21. The molecule has 16 heavy (non-hydrogen) atoms. The van der Waals surface area contributed by atoms with Gasteiger partial charge in [-0.3, -0.25) is 0 Å². The summed E-state index contributed by atoms with van der Waals surface area (Å²) < 4.78 is 1.10. The quantitative estimate of drug-likeness (QED) is 0.792. The molecule has 1 aliphatic rings. The van der Waals surface area contributed by atoms with Crippen molar-refractivity contribution in [3.63, 3.8) is 0 Å². The molecule has 0 aromatic heterocycles. The number of benzene rings is 1. The summed E-state index contributed by atoms with van der Waals surface area (Å²) in [7, 11) is 0. The van der Waals surface area contributed by atoms with Crippen LogP contribution in [0.3, 0.4) is 0 Å². The van der Waals surface area contributed by atoms with Crippen LogP contribution in [-0.2, 0) is 0 Å². The first-order valence-corrected chi connectivity index (χ1v) is 7.32. The van der Waals surface area contributed by atoms with Crippen molar-refractivity contribution in [2.45, 2.75) is 29.9 Å². The van der Waals surface area contributed by atoms with Crippen LogP contribution in [0.1, 0.15) is 12.8 Å². The Hall–Kier alpha value is -0.0300. The van der Waals surface area contributed by atoms with Crippen LogP contribution < -0.4 is 5.32 Å². The Morgan fingerprint density at radius 1 is 1.44 bits per heavy atom. The predicted molar refractivity (Wildman–Crippen MR) is 71.9 cm³/mol. The second-order valence-electron chi connectivity index (χ2n) is 4.08. The smallest absolute Gasteiger partial charge is 0.0758 e. The molecule has 2 nitrogen and oxygen atoms in total. The largest absolute Gasteiger partial charge is 0.391 e. The van der Waals surface area contributed by atoms with E-state index in [0.717, 1.165) is 10.2 Å². The first kappa shape index (κ1) is 12.4. The van der Waals surface area contributed by atoms with Crippen molar-refractivity contribution in [1.82, 2.24) is 5.32 Å². The van der Waals surface area contributed by atoms with E-state index < -0.39 is 0 Å². The highest BCUT2D eigenvalue weighted by atomic mass is 79.9. The van der Waals surface area contributed by atoms with Crippen molar-refractivity contribution in [3.8, 4) is 0 Å². The minimum Gasteiger partial charge on any atom is -0.391 e. The fraction of sp³-hybridized carbons (Fsp3) is 0.500. The van der Waals surface area contributed by atoms with Gasteiger partial charge < -0.3 is 10.4 Å². The lowest BCUT2D eigenvalue weighted by Crippen LogP contribution is -2.29. The van der Waals surface area contributed by atoms with Gasteiger partial charge in [0.1, 0.15) is 0 Å². The molecule has 1 aliphatic carbocycles. The van der Waals surface area contributed by atoms with E-state index in [0.29, 0.717) is 12.6 Å². The highest BCUT2D eigenvalue weighted by Crippen LogP contribution is 2.27. The monoisotopic (exact) mass is 301 g/mol. The summed E-state index contributed by atoms with van der Waals surface area (Å²) >= 11 is 5.19. The lowest BCUT2D eigenvalue weighted by atomic mass is 10.4. The Bertz CT molecular complexity index is 344. The first-order valence-electron chi connectivity index (χ1n) is 5.54. The molecular formula is C12H16BrNOS. The van der Waals surface area contributed by atoms with Crippen molar-refractivity contribution in [2.24, 2.45) is 0 Å². The van der Waals surface area contributed by atoms with E-state index in [4.69, 9.17) is 0 Å². The molecule has 88 valence electrons. The van der Waals surface area contributed by atoms with Crippen LogP contribution in [0.25, 0.3) is 0 Å². The average molecular weight is 302 g/mol. The van der Waals surface area contributed by atoms with Gasteiger partial charge in [-0.15, -0.1) is 11.8 Å². The summed E-state index contributed by atoms with van der Waals surface area (Å²) in [5.74, 6) is 0.738. The molecule has 1 fully saturated rings. The second kappa shape index (κ2) is 6.05. The Labute approximate surface area is 109 Å². The number of hydrogen-bond donors (Lipinski definition) is 2. The van der Waals surface area contributed by atoms with E-state index in [9.17, 15) is 5.11 Å². The molecule has 0 heterocycles. The zero-order valence-corrected chi connectivity index (χ0v) is 11.4. The minimum atomic E-state index is -0.266. The normalized spacial score (nSPS) is 17.4. The van der Waals surface area contributed by atoms with Crippen molar-refractivity contribution in [2.75, 3.05) is 12.3 Å². The third-order valence-electron chi connectivity index (χ3n) is 2.49. The molecule has 0 aliphatic heterocycles. The number of aliphatic hydroxyl groups excluding tert-OH is 1. The lowest BCUT2D eigenvalue weighted by molar-refractivity contribution is 0.195. The Morgan fingerprint density at radius 2 is 2.19 bits per heavy atom. The summed E-state index contributed by atoms with van der Waals surface area (Å²) in [6.07, 6.45) is 2.27. The van der Waals surface area contributed by atoms with Gasteiger partial charge in [0, 0.05) is 27.7 Å². The molecule has 2 rings (SSSR count). The van der Waals surface area contributed by atoms with Gasteiger partial charge in [-0.05, 0) is 40.9 Å². The fourth-order valence-electron chi connectivity index (χ4n) is 1.40. The van der Waals surface area contributed by atoms with Crippen LogP contribution in [0.5, 0.6) is 0 Å². The van der Waals surface area contributed by atoms with Gasteiger partial charge in [-0.2, -0.15) is 0 Å². The van der Waals surface area contributed by atoms with Crippen molar-refractivity contribution < 1.29 is 5.11 Å². The molecule has 0 bridgehead atoms. The molecule has 0 radical (unpaired) electrons. The van der Waals surface area contributed by atoms with Gasteiger partial charge in [0.2, 0.25) is 0 Å². The fourth-order valence-corrected chi connectivity index (χ4v) is 2.90. The zero-order valence-electron chi connectivity index (χ0n) is 9.03. The van der Waals surface area contributed by atoms with Gasteiger partial charge in [-0.25, -0.2) is 0 Å². The van der Waals surface area contributed by atoms with Crippen LogP contribution in [0, 0.1) is 0 Å². The zero-order chi connectivity index (χ0) is 11.4. The third kappa shape index (κ3) is 4.09. The van der Waals surface area contributed by atoms with Gasteiger partial charge >= 0.3 is 0 Å². The number of nitrogens with one attached hydrogen (secondary N) is 1. The van der Waals surface area contributed by atoms with Gasteiger partial charge in [0.25, 0.3) is 0 Å². The summed E-state index contributed by atoms with van der Waals surface area (Å²) in [6.45, 7) is 0.710. The molecule has 0 amide bonds. The molecule has 0 spiro atoms. The van der Waals surface area contributed by atoms with E-state index in [1.165, 1.54) is 17.7 Å². The van der Waals surface area contributed by atoms with E-state index in [1.54, 1.807) is 11.8 Å². The van der Waals surface area contributed by atoms with Crippen molar-refractivity contribution >= 4 is 27.7 Å². The topological polar surface area (TPSA) is 32.3 Å². The van der Waals surface area contributed by atoms with Gasteiger partial charge in [-0.1, -0.05) is 12.1 Å². The van der Waals surface area contributed by atoms with Crippen LogP contribution in [-0.4, -0.2) is 29.5 Å². The van der Waals surface area contributed by atoms with E-state index in [2.05, 4.69) is 27.3 Å². The van der Waals surface area contributed by atoms with E-state index in [1.807, 2.05) is 18.2 Å². The maximum atomic E-state index is 9.78. The van der Waals surface area contributed by atoms with E-state index >= 15 is 0 Å². The lowest BCUT2D eigenvalue weighted by Gasteiger charge is -2.11. The molecule has 1 unspecified atom stereocenters. The van der Waals surface area contributed by atoms with Crippen LogP contribution >= 0.6 is 27.7 Å². The van der Waals surface area contributed by atoms with Crippen LogP contribution in [0.2, 0.25) is 0 Å². The Kier molecular flexibility index (Phi) is 4.70. The van der Waals surface area contributed by atoms with Gasteiger partial charge in [0.15, 0.2) is 0 Å². The molecule has 2 N–H and O–H groups in total. The minimum absolute atomic E-state index is 0.266. The second-order valence-corrected chi connectivity index (χ2v) is 5.99. The van der Waals surface area contributed by atoms with Gasteiger partial charge in [0.05, 0.1) is 6.10 Å². The molecular weight excluding hydrogens is 286 g/mol. The maximum absolute atomic E-state index is 9.78. The molecule has 4 heteroatoms. The average Bonchev–Trinajstić information content (AvgIpc) is 3.09. The summed E-state index contributed by atoms with van der Waals surface area (Å²) in [4.78, 5) is 1.19. The standard InChI is InChI=1S/C12H16BrNOS/c13-11-3-1-2-4-12(11)16-8-10(15)7-14-9-5-6-9/h1-4,9-10,14-15H,5-8H2. The Morgan fingerprint density at radius 3 is 2.88 bits per heavy atom. The molecule has 0 saturated heterocycles. The third-order valence-corrected chi connectivity index (χ3v) is 4.66. The highest BCUT2D eigenvalue weighted by molar-refractivity contribution is 9.10. The molecule has 1 aromatic rings.